The minimum absolute atomic E-state index is 0.924. The maximum absolute atomic E-state index is 6.84. The van der Waals surface area contributed by atoms with Gasteiger partial charge in [-0.3, -0.25) is 0 Å². The lowest BCUT2D eigenvalue weighted by Gasteiger charge is -2.00. The molecule has 0 aromatic heterocycles. The van der Waals surface area contributed by atoms with Gasteiger partial charge in [0.15, 0.2) is 0 Å². The zero-order valence-corrected chi connectivity index (χ0v) is 12.5. The Labute approximate surface area is 108 Å². The van der Waals surface area contributed by atoms with Gasteiger partial charge in [0.1, 0.15) is 0 Å². The largest absolute Gasteiger partial charge is 0.309 e. The third-order valence-electron chi connectivity index (χ3n) is 1.65. The highest BCUT2D eigenvalue weighted by Crippen LogP contribution is 2.12. The van der Waals surface area contributed by atoms with E-state index in [1.54, 1.807) is 6.08 Å². The molecule has 0 amide bonds. The van der Waals surface area contributed by atoms with Crippen LogP contribution in [0.1, 0.15) is 33.3 Å². The molecule has 0 bridgehead atoms. The third-order valence-corrected chi connectivity index (χ3v) is 2.01. The molecule has 1 aromatic carbocycles. The first-order chi connectivity index (χ1) is 8.24. The lowest BCUT2D eigenvalue weighted by Crippen LogP contribution is -1.90. The molecular formula is C15H24NP. The Hall–Kier alpha value is -1.20. The summed E-state index contributed by atoms with van der Waals surface area (Å²) in [5.74, 6) is 0. The van der Waals surface area contributed by atoms with E-state index in [0.717, 1.165) is 16.4 Å². The van der Waals surface area contributed by atoms with Crippen molar-refractivity contribution >= 4 is 26.3 Å². The number of hydrogen-bond acceptors (Lipinski definition) is 1. The van der Waals surface area contributed by atoms with Crippen LogP contribution in [0.5, 0.6) is 0 Å². The summed E-state index contributed by atoms with van der Waals surface area (Å²) in [4.78, 5) is 0. The van der Waals surface area contributed by atoms with Crippen molar-refractivity contribution in [1.29, 1.82) is 5.41 Å². The second-order valence-corrected chi connectivity index (χ2v) is 3.34. The molecule has 0 radical (unpaired) electrons. The van der Waals surface area contributed by atoms with E-state index in [-0.39, 0.29) is 0 Å². The SMILES string of the molecule is C=C(/C=C\C=N)c1cccc(P)c1.CC.CC. The maximum Gasteiger partial charge on any atom is 0.0177 e. The second-order valence-electron chi connectivity index (χ2n) is 2.68. The molecule has 2 heteroatoms. The van der Waals surface area contributed by atoms with Gasteiger partial charge in [0.2, 0.25) is 0 Å². The molecule has 1 unspecified atom stereocenters. The number of hydrogen-bond donors (Lipinski definition) is 1. The highest BCUT2D eigenvalue weighted by atomic mass is 31.0. The number of nitrogens with one attached hydrogen (secondary N) is 1. The summed E-state index contributed by atoms with van der Waals surface area (Å²) >= 11 is 0. The zero-order chi connectivity index (χ0) is 13.7. The van der Waals surface area contributed by atoms with Crippen molar-refractivity contribution in [2.75, 3.05) is 0 Å². The first-order valence-electron chi connectivity index (χ1n) is 5.96. The molecule has 1 aromatic rings. The fourth-order valence-corrected chi connectivity index (χ4v) is 1.29. The molecule has 94 valence electrons. The van der Waals surface area contributed by atoms with Crippen LogP contribution < -0.4 is 5.30 Å². The van der Waals surface area contributed by atoms with Crippen LogP contribution in [-0.2, 0) is 0 Å². The van der Waals surface area contributed by atoms with Gasteiger partial charge in [-0.25, -0.2) is 0 Å². The molecule has 0 aliphatic rings. The average Bonchev–Trinajstić information content (AvgIpc) is 2.40. The smallest absolute Gasteiger partial charge is 0.0177 e. The van der Waals surface area contributed by atoms with Crippen molar-refractivity contribution < 1.29 is 0 Å². The number of allylic oxidation sites excluding steroid dienone is 3. The Kier molecular flexibility index (Phi) is 13.8. The quantitative estimate of drug-likeness (QED) is 0.464. The van der Waals surface area contributed by atoms with Crippen LogP contribution in [0, 0.1) is 5.41 Å². The van der Waals surface area contributed by atoms with Gasteiger partial charge in [-0.05, 0) is 28.6 Å². The molecule has 0 aliphatic carbocycles. The topological polar surface area (TPSA) is 23.9 Å². The van der Waals surface area contributed by atoms with E-state index in [1.165, 1.54) is 6.21 Å². The van der Waals surface area contributed by atoms with Crippen molar-refractivity contribution in [3.8, 4) is 0 Å². The van der Waals surface area contributed by atoms with Gasteiger partial charge >= 0.3 is 0 Å². The summed E-state index contributed by atoms with van der Waals surface area (Å²) < 4.78 is 0. The van der Waals surface area contributed by atoms with Gasteiger partial charge in [0, 0.05) is 6.21 Å². The Morgan fingerprint density at radius 1 is 1.24 bits per heavy atom. The van der Waals surface area contributed by atoms with Crippen LogP contribution in [0.3, 0.4) is 0 Å². The Morgan fingerprint density at radius 3 is 2.29 bits per heavy atom. The van der Waals surface area contributed by atoms with E-state index in [1.807, 2.05) is 58.0 Å². The van der Waals surface area contributed by atoms with Crippen LogP contribution in [0.2, 0.25) is 0 Å². The minimum atomic E-state index is 0.924. The van der Waals surface area contributed by atoms with E-state index in [2.05, 4.69) is 15.8 Å². The monoisotopic (exact) mass is 249 g/mol. The van der Waals surface area contributed by atoms with Crippen LogP contribution in [0.25, 0.3) is 5.57 Å². The zero-order valence-electron chi connectivity index (χ0n) is 11.3. The second kappa shape index (κ2) is 12.9. The van der Waals surface area contributed by atoms with Gasteiger partial charge in [0.05, 0.1) is 0 Å². The molecule has 0 heterocycles. The molecule has 1 atom stereocenters. The number of benzene rings is 1. The number of rotatable bonds is 3. The van der Waals surface area contributed by atoms with E-state index >= 15 is 0 Å². The molecular weight excluding hydrogens is 225 g/mol. The van der Waals surface area contributed by atoms with Gasteiger partial charge in [0.25, 0.3) is 0 Å². The van der Waals surface area contributed by atoms with Crippen molar-refractivity contribution in [1.82, 2.24) is 0 Å². The highest BCUT2D eigenvalue weighted by molar-refractivity contribution is 7.27. The van der Waals surface area contributed by atoms with Gasteiger partial charge in [-0.2, -0.15) is 0 Å². The van der Waals surface area contributed by atoms with Crippen LogP contribution >= 0.6 is 9.24 Å². The molecule has 0 fully saturated rings. The summed E-state index contributed by atoms with van der Waals surface area (Å²) in [5, 5.41) is 7.98. The van der Waals surface area contributed by atoms with E-state index in [9.17, 15) is 0 Å². The molecule has 1 nitrogen and oxygen atoms in total. The third kappa shape index (κ3) is 8.59. The van der Waals surface area contributed by atoms with Crippen LogP contribution in [-0.4, -0.2) is 6.21 Å². The standard InChI is InChI=1S/C11H12NP.2C2H6/c1-9(4-3-7-12)10-5-2-6-11(13)8-10;2*1-2/h2-8,12H,1,13H2;2*1-2H3/b4-3-,12-7?;;. The first kappa shape index (κ1) is 18.2. The van der Waals surface area contributed by atoms with Crippen molar-refractivity contribution in [2.24, 2.45) is 0 Å². The van der Waals surface area contributed by atoms with Crippen LogP contribution in [0.15, 0.2) is 43.0 Å². The van der Waals surface area contributed by atoms with E-state index in [4.69, 9.17) is 5.41 Å². The summed E-state index contributed by atoms with van der Waals surface area (Å²) in [7, 11) is 2.65. The van der Waals surface area contributed by atoms with Crippen molar-refractivity contribution in [2.45, 2.75) is 27.7 Å². The molecule has 0 saturated carbocycles. The molecule has 0 aliphatic heterocycles. The summed E-state index contributed by atoms with van der Waals surface area (Å²) in [5.41, 5.74) is 2.01. The normalized spacial score (nSPS) is 8.53. The fourth-order valence-electron chi connectivity index (χ4n) is 0.999. The summed E-state index contributed by atoms with van der Waals surface area (Å²) in [6, 6.07) is 8.05. The fraction of sp³-hybridized carbons (Fsp3) is 0.267. The van der Waals surface area contributed by atoms with Crippen LogP contribution in [0.4, 0.5) is 0 Å². The van der Waals surface area contributed by atoms with E-state index in [0.29, 0.717) is 0 Å². The average molecular weight is 249 g/mol. The Morgan fingerprint density at radius 2 is 1.82 bits per heavy atom. The van der Waals surface area contributed by atoms with Crippen molar-refractivity contribution in [3.63, 3.8) is 0 Å². The van der Waals surface area contributed by atoms with Crippen molar-refractivity contribution in [3.05, 3.63) is 48.6 Å². The van der Waals surface area contributed by atoms with Gasteiger partial charge in [-0.15, -0.1) is 9.24 Å². The molecule has 17 heavy (non-hydrogen) atoms. The van der Waals surface area contributed by atoms with E-state index < -0.39 is 0 Å². The lowest BCUT2D eigenvalue weighted by molar-refractivity contribution is 1.50. The predicted octanol–water partition coefficient (Wildman–Crippen LogP) is 4.46. The Bertz CT molecular complexity index is 354. The summed E-state index contributed by atoms with van der Waals surface area (Å²) in [6.07, 6.45) is 4.74. The molecule has 0 spiro atoms. The van der Waals surface area contributed by atoms with Gasteiger partial charge < -0.3 is 5.41 Å². The highest BCUT2D eigenvalue weighted by Gasteiger charge is 1.93. The van der Waals surface area contributed by atoms with Gasteiger partial charge in [-0.1, -0.05) is 58.5 Å². The molecule has 1 rings (SSSR count). The maximum atomic E-state index is 6.84. The molecule has 1 N–H and O–H groups in total. The predicted molar refractivity (Wildman–Crippen MR) is 85.4 cm³/mol. The molecule has 0 saturated heterocycles. The summed E-state index contributed by atoms with van der Waals surface area (Å²) in [6.45, 7) is 11.9. The minimum Gasteiger partial charge on any atom is -0.309 e. The first-order valence-corrected chi connectivity index (χ1v) is 6.53. The Balaban J connectivity index is 0. The lowest BCUT2D eigenvalue weighted by atomic mass is 10.1.